The molecule has 0 saturated carbocycles. The molecule has 0 radical (unpaired) electrons. The second kappa shape index (κ2) is 9.96. The number of para-hydroxylation sites is 1. The molecule has 3 aromatic carbocycles. The Balaban J connectivity index is 1.67. The Morgan fingerprint density at radius 1 is 0.909 bits per heavy atom. The summed E-state index contributed by atoms with van der Waals surface area (Å²) in [5.41, 5.74) is 2.85. The lowest BCUT2D eigenvalue weighted by atomic mass is 10.1. The van der Waals surface area contributed by atoms with Crippen molar-refractivity contribution in [2.75, 3.05) is 12.0 Å². The minimum absolute atomic E-state index is 0.216. The van der Waals surface area contributed by atoms with Gasteiger partial charge in [-0.25, -0.2) is 4.68 Å². The van der Waals surface area contributed by atoms with Crippen LogP contribution in [0.4, 0.5) is 5.69 Å². The van der Waals surface area contributed by atoms with Gasteiger partial charge in [-0.15, -0.1) is 0 Å². The first-order valence-corrected chi connectivity index (χ1v) is 10.7. The van der Waals surface area contributed by atoms with Gasteiger partial charge in [0.1, 0.15) is 11.8 Å². The third-order valence-electron chi connectivity index (χ3n) is 5.45. The molecule has 0 saturated heterocycles. The van der Waals surface area contributed by atoms with Crippen molar-refractivity contribution >= 4 is 11.6 Å². The lowest BCUT2D eigenvalue weighted by Crippen LogP contribution is -2.40. The average molecular weight is 440 g/mol. The summed E-state index contributed by atoms with van der Waals surface area (Å²) >= 11 is 0. The van der Waals surface area contributed by atoms with E-state index in [1.54, 1.807) is 25.0 Å². The monoisotopic (exact) mass is 439 g/mol. The van der Waals surface area contributed by atoms with Crippen molar-refractivity contribution in [3.8, 4) is 17.0 Å². The van der Waals surface area contributed by atoms with Crippen LogP contribution in [0.25, 0.3) is 11.3 Å². The van der Waals surface area contributed by atoms with E-state index in [4.69, 9.17) is 4.74 Å². The van der Waals surface area contributed by atoms with E-state index in [-0.39, 0.29) is 11.5 Å². The molecule has 0 aliphatic carbocycles. The number of benzene rings is 3. The Bertz CT molecular complexity index is 1270. The number of anilines is 1. The molecule has 4 aromatic rings. The predicted octanol–water partition coefficient (Wildman–Crippen LogP) is 4.71. The average Bonchev–Trinajstić information content (AvgIpc) is 2.88. The minimum atomic E-state index is -0.792. The number of hydrogen-bond donors (Lipinski definition) is 0. The second-order valence-electron chi connectivity index (χ2n) is 7.65. The van der Waals surface area contributed by atoms with E-state index in [0.29, 0.717) is 12.2 Å². The van der Waals surface area contributed by atoms with Crippen LogP contribution in [0.1, 0.15) is 18.5 Å². The van der Waals surface area contributed by atoms with E-state index in [9.17, 15) is 9.59 Å². The molecule has 1 atom stereocenters. The van der Waals surface area contributed by atoms with Crippen molar-refractivity contribution in [2.24, 2.45) is 0 Å². The summed E-state index contributed by atoms with van der Waals surface area (Å²) in [7, 11) is 1.61. The number of nitrogens with zero attached hydrogens (tertiary/aromatic N) is 3. The standard InChI is InChI=1S/C27H25N3O3/c1-20(30-26(31)18-17-25(28-30)22-13-15-24(33-2)16-14-22)27(32)29(23-11-7-4-8-12-23)19-21-9-5-3-6-10-21/h3-18,20H,19H2,1-2H3. The van der Waals surface area contributed by atoms with Crippen LogP contribution < -0.4 is 15.2 Å². The zero-order valence-corrected chi connectivity index (χ0v) is 18.6. The van der Waals surface area contributed by atoms with Gasteiger partial charge in [0.25, 0.3) is 11.5 Å². The fourth-order valence-electron chi connectivity index (χ4n) is 3.62. The SMILES string of the molecule is COc1ccc(-c2ccc(=O)n(C(C)C(=O)N(Cc3ccccc3)c3ccccc3)n2)cc1. The van der Waals surface area contributed by atoms with Gasteiger partial charge in [-0.1, -0.05) is 48.5 Å². The molecule has 0 spiro atoms. The number of ether oxygens (including phenoxy) is 1. The van der Waals surface area contributed by atoms with Crippen molar-refractivity contribution in [1.82, 2.24) is 9.78 Å². The van der Waals surface area contributed by atoms with Crippen molar-refractivity contribution < 1.29 is 9.53 Å². The van der Waals surface area contributed by atoms with Gasteiger partial charge in [0.15, 0.2) is 0 Å². The summed E-state index contributed by atoms with van der Waals surface area (Å²) in [6.45, 7) is 2.09. The third-order valence-corrected chi connectivity index (χ3v) is 5.45. The van der Waals surface area contributed by atoms with Crippen LogP contribution in [0, 0.1) is 0 Å². The van der Waals surface area contributed by atoms with Gasteiger partial charge in [-0.2, -0.15) is 5.10 Å². The lowest BCUT2D eigenvalue weighted by Gasteiger charge is -2.26. The van der Waals surface area contributed by atoms with Crippen molar-refractivity contribution in [2.45, 2.75) is 19.5 Å². The predicted molar refractivity (Wildman–Crippen MR) is 129 cm³/mol. The number of hydrogen-bond acceptors (Lipinski definition) is 4. The van der Waals surface area contributed by atoms with Crippen LogP contribution in [0.3, 0.4) is 0 Å². The molecule has 0 bridgehead atoms. The summed E-state index contributed by atoms with van der Waals surface area (Å²) in [5.74, 6) is 0.515. The molecule has 166 valence electrons. The van der Waals surface area contributed by atoms with Crippen LogP contribution in [-0.4, -0.2) is 22.8 Å². The van der Waals surface area contributed by atoms with E-state index < -0.39 is 6.04 Å². The first-order valence-electron chi connectivity index (χ1n) is 10.7. The topological polar surface area (TPSA) is 64.4 Å². The Kier molecular flexibility index (Phi) is 6.64. The van der Waals surface area contributed by atoms with Gasteiger partial charge < -0.3 is 9.64 Å². The smallest absolute Gasteiger partial charge is 0.267 e. The molecule has 0 fully saturated rings. The molecule has 1 aromatic heterocycles. The highest BCUT2D eigenvalue weighted by Gasteiger charge is 2.25. The first-order chi connectivity index (χ1) is 16.1. The fourth-order valence-corrected chi connectivity index (χ4v) is 3.62. The maximum Gasteiger partial charge on any atom is 0.267 e. The number of carbonyl (C=O) groups excluding carboxylic acids is 1. The minimum Gasteiger partial charge on any atom is -0.497 e. The zero-order valence-electron chi connectivity index (χ0n) is 18.6. The maximum absolute atomic E-state index is 13.6. The molecule has 33 heavy (non-hydrogen) atoms. The zero-order chi connectivity index (χ0) is 23.2. The molecule has 0 aliphatic heterocycles. The Labute approximate surface area is 192 Å². The molecule has 0 N–H and O–H groups in total. The number of methoxy groups -OCH3 is 1. The molecule has 1 heterocycles. The summed E-state index contributed by atoms with van der Waals surface area (Å²) in [5, 5.41) is 4.52. The molecular weight excluding hydrogens is 414 g/mol. The van der Waals surface area contributed by atoms with Crippen LogP contribution in [0.5, 0.6) is 5.75 Å². The number of rotatable bonds is 7. The number of amides is 1. The number of aromatic nitrogens is 2. The van der Waals surface area contributed by atoms with Gasteiger partial charge >= 0.3 is 0 Å². The van der Waals surface area contributed by atoms with E-state index in [1.807, 2.05) is 84.9 Å². The summed E-state index contributed by atoms with van der Waals surface area (Å²) in [6.07, 6.45) is 0. The summed E-state index contributed by atoms with van der Waals surface area (Å²) in [6, 6.07) is 28.9. The van der Waals surface area contributed by atoms with Crippen molar-refractivity contribution in [3.63, 3.8) is 0 Å². The highest BCUT2D eigenvalue weighted by Crippen LogP contribution is 2.23. The van der Waals surface area contributed by atoms with E-state index >= 15 is 0 Å². The van der Waals surface area contributed by atoms with Gasteiger partial charge in [0, 0.05) is 17.3 Å². The van der Waals surface area contributed by atoms with E-state index in [2.05, 4.69) is 5.10 Å². The van der Waals surface area contributed by atoms with Gasteiger partial charge in [-0.3, -0.25) is 9.59 Å². The molecule has 1 unspecified atom stereocenters. The largest absolute Gasteiger partial charge is 0.497 e. The molecule has 6 heteroatoms. The Hall–Kier alpha value is -4.19. The molecule has 6 nitrogen and oxygen atoms in total. The summed E-state index contributed by atoms with van der Waals surface area (Å²) < 4.78 is 6.46. The summed E-state index contributed by atoms with van der Waals surface area (Å²) in [4.78, 5) is 28.0. The molecular formula is C27H25N3O3. The van der Waals surface area contributed by atoms with Crippen molar-refractivity contribution in [1.29, 1.82) is 0 Å². The fraction of sp³-hybridized carbons (Fsp3) is 0.148. The highest BCUT2D eigenvalue weighted by molar-refractivity contribution is 5.95. The van der Waals surface area contributed by atoms with E-state index in [0.717, 1.165) is 22.6 Å². The quantitative estimate of drug-likeness (QED) is 0.418. The molecule has 0 aliphatic rings. The van der Waals surface area contributed by atoms with Crippen molar-refractivity contribution in [3.05, 3.63) is 113 Å². The van der Waals surface area contributed by atoms with Gasteiger partial charge in [0.05, 0.1) is 19.3 Å². The molecule has 4 rings (SSSR count). The third kappa shape index (κ3) is 5.01. The van der Waals surface area contributed by atoms with Gasteiger partial charge in [-0.05, 0) is 55.0 Å². The molecule has 1 amide bonds. The Morgan fingerprint density at radius 3 is 2.18 bits per heavy atom. The maximum atomic E-state index is 13.6. The number of carbonyl (C=O) groups is 1. The van der Waals surface area contributed by atoms with Crippen LogP contribution in [-0.2, 0) is 11.3 Å². The van der Waals surface area contributed by atoms with Gasteiger partial charge in [0.2, 0.25) is 0 Å². The Morgan fingerprint density at radius 2 is 1.55 bits per heavy atom. The van der Waals surface area contributed by atoms with Crippen LogP contribution >= 0.6 is 0 Å². The highest BCUT2D eigenvalue weighted by atomic mass is 16.5. The normalized spacial score (nSPS) is 11.6. The lowest BCUT2D eigenvalue weighted by molar-refractivity contribution is -0.121. The second-order valence-corrected chi connectivity index (χ2v) is 7.65. The van der Waals surface area contributed by atoms with Crippen LogP contribution in [0.2, 0.25) is 0 Å². The van der Waals surface area contributed by atoms with E-state index in [1.165, 1.54) is 10.7 Å². The first kappa shape index (κ1) is 22.0. The van der Waals surface area contributed by atoms with Crippen LogP contribution in [0.15, 0.2) is 102 Å².